The Bertz CT molecular complexity index is 567. The van der Waals surface area contributed by atoms with Crippen LogP contribution in [0.15, 0.2) is 18.3 Å². The Balaban J connectivity index is 1.93. The molecule has 1 aliphatic carbocycles. The van der Waals surface area contributed by atoms with Crippen LogP contribution in [0.1, 0.15) is 37.9 Å². The van der Waals surface area contributed by atoms with Gasteiger partial charge in [-0.2, -0.15) is 0 Å². The van der Waals surface area contributed by atoms with Crippen molar-refractivity contribution in [3.05, 3.63) is 24.2 Å². The van der Waals surface area contributed by atoms with Gasteiger partial charge in [0.15, 0.2) is 5.65 Å². The van der Waals surface area contributed by atoms with Gasteiger partial charge in [-0.15, -0.1) is 0 Å². The first-order chi connectivity index (χ1) is 9.24. The van der Waals surface area contributed by atoms with Crippen molar-refractivity contribution in [3.63, 3.8) is 0 Å². The Hall–Kier alpha value is -1.42. The fraction of sp³-hybridized carbons (Fsp3) is 0.600. The fourth-order valence-electron chi connectivity index (χ4n) is 3.27. The number of hydrogen-bond acceptors (Lipinski definition) is 3. The molecule has 0 bridgehead atoms. The molecule has 0 radical (unpaired) electrons. The maximum atomic E-state index is 4.76. The summed E-state index contributed by atoms with van der Waals surface area (Å²) in [5, 5.41) is 3.56. The van der Waals surface area contributed by atoms with E-state index in [-0.39, 0.29) is 5.54 Å². The summed E-state index contributed by atoms with van der Waals surface area (Å²) in [6, 6.07) is 3.99. The lowest BCUT2D eigenvalue weighted by molar-refractivity contribution is 0.240. The van der Waals surface area contributed by atoms with Crippen molar-refractivity contribution in [1.82, 2.24) is 19.9 Å². The Morgan fingerprint density at radius 2 is 2.11 bits per heavy atom. The van der Waals surface area contributed by atoms with Crippen molar-refractivity contribution >= 4 is 11.2 Å². The molecule has 1 saturated carbocycles. The summed E-state index contributed by atoms with van der Waals surface area (Å²) in [6.07, 6.45) is 9.35. The molecule has 102 valence electrons. The number of imidazole rings is 1. The van der Waals surface area contributed by atoms with E-state index in [0.717, 1.165) is 23.4 Å². The second kappa shape index (κ2) is 4.93. The third-order valence-electron chi connectivity index (χ3n) is 4.56. The molecule has 4 nitrogen and oxygen atoms in total. The van der Waals surface area contributed by atoms with Crippen LogP contribution in [0.3, 0.4) is 0 Å². The molecule has 0 saturated heterocycles. The third kappa shape index (κ3) is 2.25. The van der Waals surface area contributed by atoms with E-state index in [2.05, 4.69) is 29.0 Å². The number of aryl methyl sites for hydroxylation is 1. The quantitative estimate of drug-likeness (QED) is 0.919. The molecule has 3 rings (SSSR count). The molecule has 2 heterocycles. The van der Waals surface area contributed by atoms with Crippen molar-refractivity contribution in [3.8, 4) is 0 Å². The van der Waals surface area contributed by atoms with Crippen molar-refractivity contribution in [1.29, 1.82) is 0 Å². The Morgan fingerprint density at radius 3 is 2.79 bits per heavy atom. The first-order valence-corrected chi connectivity index (χ1v) is 7.19. The van der Waals surface area contributed by atoms with Crippen LogP contribution in [-0.2, 0) is 13.5 Å². The highest BCUT2D eigenvalue weighted by atomic mass is 15.1. The molecule has 0 aromatic carbocycles. The Labute approximate surface area is 114 Å². The van der Waals surface area contributed by atoms with Gasteiger partial charge in [-0.25, -0.2) is 9.97 Å². The summed E-state index contributed by atoms with van der Waals surface area (Å²) < 4.78 is 2.14. The second-order valence-corrected chi connectivity index (χ2v) is 5.70. The minimum absolute atomic E-state index is 0.230. The second-order valence-electron chi connectivity index (χ2n) is 5.70. The number of likely N-dealkylation sites (N-methyl/N-ethyl adjacent to an activating group) is 1. The van der Waals surface area contributed by atoms with Gasteiger partial charge in [0.25, 0.3) is 0 Å². The van der Waals surface area contributed by atoms with Crippen molar-refractivity contribution < 1.29 is 0 Å². The molecule has 0 spiro atoms. The lowest BCUT2D eigenvalue weighted by Gasteiger charge is -2.37. The van der Waals surface area contributed by atoms with Gasteiger partial charge >= 0.3 is 0 Å². The van der Waals surface area contributed by atoms with Crippen molar-refractivity contribution in [2.45, 2.75) is 44.1 Å². The van der Waals surface area contributed by atoms with Crippen molar-refractivity contribution in [2.24, 2.45) is 7.05 Å². The van der Waals surface area contributed by atoms with Crippen LogP contribution in [0, 0.1) is 0 Å². The summed E-state index contributed by atoms with van der Waals surface area (Å²) in [7, 11) is 4.16. The molecule has 19 heavy (non-hydrogen) atoms. The minimum atomic E-state index is 0.230. The van der Waals surface area contributed by atoms with Gasteiger partial charge in [-0.1, -0.05) is 19.3 Å². The highest BCUT2D eigenvalue weighted by molar-refractivity contribution is 5.70. The number of aromatic nitrogens is 3. The van der Waals surface area contributed by atoms with Crippen LogP contribution in [-0.4, -0.2) is 27.1 Å². The van der Waals surface area contributed by atoms with E-state index in [0.29, 0.717) is 0 Å². The van der Waals surface area contributed by atoms with Crippen LogP contribution in [0.25, 0.3) is 11.2 Å². The van der Waals surface area contributed by atoms with Gasteiger partial charge < -0.3 is 9.88 Å². The van der Waals surface area contributed by atoms with E-state index in [4.69, 9.17) is 4.98 Å². The van der Waals surface area contributed by atoms with Crippen molar-refractivity contribution in [2.75, 3.05) is 7.05 Å². The molecule has 0 atom stereocenters. The number of pyridine rings is 1. The number of hydrogen-bond donors (Lipinski definition) is 1. The summed E-state index contributed by atoms with van der Waals surface area (Å²) in [5.74, 6) is 1.14. The summed E-state index contributed by atoms with van der Waals surface area (Å²) >= 11 is 0. The zero-order valence-electron chi connectivity index (χ0n) is 11.8. The monoisotopic (exact) mass is 258 g/mol. The predicted octanol–water partition coefficient (Wildman–Crippen LogP) is 2.43. The van der Waals surface area contributed by atoms with Crippen LogP contribution >= 0.6 is 0 Å². The SMILES string of the molecule is CNC1(Cc2nc3cccnc3n2C)CCCCC1. The maximum absolute atomic E-state index is 4.76. The molecule has 1 fully saturated rings. The topological polar surface area (TPSA) is 42.7 Å². The Morgan fingerprint density at radius 1 is 1.32 bits per heavy atom. The maximum Gasteiger partial charge on any atom is 0.159 e. The van der Waals surface area contributed by atoms with Gasteiger partial charge in [-0.05, 0) is 32.0 Å². The number of nitrogens with one attached hydrogen (secondary N) is 1. The van der Waals surface area contributed by atoms with E-state index < -0.39 is 0 Å². The molecular formula is C15H22N4. The first-order valence-electron chi connectivity index (χ1n) is 7.19. The largest absolute Gasteiger partial charge is 0.316 e. The summed E-state index contributed by atoms with van der Waals surface area (Å²) in [5.41, 5.74) is 2.22. The molecule has 0 aliphatic heterocycles. The molecule has 1 aliphatic rings. The zero-order chi connectivity index (χ0) is 13.3. The van der Waals surface area contributed by atoms with Gasteiger partial charge in [0.2, 0.25) is 0 Å². The number of nitrogens with zero attached hydrogens (tertiary/aromatic N) is 3. The fourth-order valence-corrected chi connectivity index (χ4v) is 3.27. The van der Waals surface area contributed by atoms with E-state index in [1.165, 1.54) is 32.1 Å². The Kier molecular flexibility index (Phi) is 3.27. The highest BCUT2D eigenvalue weighted by Gasteiger charge is 2.32. The standard InChI is InChI=1S/C15H22N4/c1-16-15(8-4-3-5-9-15)11-13-18-12-7-6-10-17-14(12)19(13)2/h6-7,10,16H,3-5,8-9,11H2,1-2H3. The smallest absolute Gasteiger partial charge is 0.159 e. The van der Waals surface area contributed by atoms with Gasteiger partial charge in [-0.3, -0.25) is 0 Å². The van der Waals surface area contributed by atoms with E-state index in [1.807, 2.05) is 18.3 Å². The van der Waals surface area contributed by atoms with Crippen LogP contribution in [0.4, 0.5) is 0 Å². The van der Waals surface area contributed by atoms with E-state index >= 15 is 0 Å². The average molecular weight is 258 g/mol. The minimum Gasteiger partial charge on any atom is -0.316 e. The molecule has 0 amide bonds. The molecule has 0 unspecified atom stereocenters. The first kappa shape index (κ1) is 12.6. The molecule has 2 aromatic heterocycles. The average Bonchev–Trinajstić information content (AvgIpc) is 2.77. The zero-order valence-corrected chi connectivity index (χ0v) is 11.8. The lowest BCUT2D eigenvalue weighted by atomic mass is 9.79. The molecular weight excluding hydrogens is 236 g/mol. The highest BCUT2D eigenvalue weighted by Crippen LogP contribution is 2.31. The third-order valence-corrected chi connectivity index (χ3v) is 4.56. The van der Waals surface area contributed by atoms with Gasteiger partial charge in [0.05, 0.1) is 0 Å². The normalized spacial score (nSPS) is 18.8. The van der Waals surface area contributed by atoms with Crippen LogP contribution < -0.4 is 5.32 Å². The molecule has 4 heteroatoms. The van der Waals surface area contributed by atoms with Crippen LogP contribution in [0.2, 0.25) is 0 Å². The lowest BCUT2D eigenvalue weighted by Crippen LogP contribution is -2.47. The summed E-state index contributed by atoms with van der Waals surface area (Å²) in [6.45, 7) is 0. The van der Waals surface area contributed by atoms with Crippen LogP contribution in [0.5, 0.6) is 0 Å². The van der Waals surface area contributed by atoms with Gasteiger partial charge in [0.1, 0.15) is 11.3 Å². The number of fused-ring (bicyclic) bond motifs is 1. The number of rotatable bonds is 3. The van der Waals surface area contributed by atoms with Gasteiger partial charge in [0, 0.05) is 25.2 Å². The van der Waals surface area contributed by atoms with E-state index in [1.54, 1.807) is 0 Å². The molecule has 1 N–H and O–H groups in total. The predicted molar refractivity (Wildman–Crippen MR) is 77.1 cm³/mol. The summed E-state index contributed by atoms with van der Waals surface area (Å²) in [4.78, 5) is 9.18. The van der Waals surface area contributed by atoms with E-state index in [9.17, 15) is 0 Å². The molecule has 2 aromatic rings.